The molecular weight excluding hydrogens is 328 g/mol. The lowest BCUT2D eigenvalue weighted by atomic mass is 10.0. The number of benzene rings is 1. The number of hydrogen-bond acceptors (Lipinski definition) is 3. The first-order valence-electron chi connectivity index (χ1n) is 6.45. The first-order valence-corrected chi connectivity index (χ1v) is 7.24. The summed E-state index contributed by atoms with van der Waals surface area (Å²) in [6, 6.07) is 6.83. The third-order valence-corrected chi connectivity index (χ3v) is 4.04. The van der Waals surface area contributed by atoms with Crippen molar-refractivity contribution in [2.75, 3.05) is 27.2 Å². The Kier molecular flexibility index (Phi) is 7.15. The molecule has 108 valence electrons. The number of hydrogen-bond donors (Lipinski definition) is 1. The average Bonchev–Trinajstić information content (AvgIpc) is 2.39. The Morgan fingerprint density at radius 1 is 1.47 bits per heavy atom. The minimum absolute atomic E-state index is 0. The predicted octanol–water partition coefficient (Wildman–Crippen LogP) is 3.06. The van der Waals surface area contributed by atoms with Gasteiger partial charge in [-0.1, -0.05) is 15.9 Å². The van der Waals surface area contributed by atoms with Gasteiger partial charge in [0.05, 0.1) is 7.11 Å². The highest BCUT2D eigenvalue weighted by Gasteiger charge is 2.19. The van der Waals surface area contributed by atoms with Crippen molar-refractivity contribution in [2.45, 2.75) is 25.4 Å². The first kappa shape index (κ1) is 16.8. The summed E-state index contributed by atoms with van der Waals surface area (Å²) in [7, 11) is 3.78. The van der Waals surface area contributed by atoms with Gasteiger partial charge < -0.3 is 10.1 Å². The van der Waals surface area contributed by atoms with Crippen LogP contribution in [0, 0.1) is 0 Å². The summed E-state index contributed by atoms with van der Waals surface area (Å²) >= 11 is 3.53. The van der Waals surface area contributed by atoms with E-state index in [-0.39, 0.29) is 12.4 Å². The minimum atomic E-state index is 0. The van der Waals surface area contributed by atoms with Crippen LogP contribution in [0.5, 0.6) is 5.75 Å². The van der Waals surface area contributed by atoms with E-state index in [4.69, 9.17) is 4.74 Å². The van der Waals surface area contributed by atoms with E-state index in [1.54, 1.807) is 7.11 Å². The number of methoxy groups -OCH3 is 1. The maximum absolute atomic E-state index is 5.43. The minimum Gasteiger partial charge on any atom is -0.496 e. The van der Waals surface area contributed by atoms with E-state index < -0.39 is 0 Å². The molecule has 1 saturated heterocycles. The van der Waals surface area contributed by atoms with Crippen LogP contribution in [0.15, 0.2) is 22.7 Å². The molecule has 0 amide bonds. The maximum Gasteiger partial charge on any atom is 0.123 e. The molecule has 1 aromatic rings. The summed E-state index contributed by atoms with van der Waals surface area (Å²) in [5, 5.41) is 3.38. The second-order valence-corrected chi connectivity index (χ2v) is 5.73. The predicted molar refractivity (Wildman–Crippen MR) is 85.3 cm³/mol. The van der Waals surface area contributed by atoms with Crippen LogP contribution in [0.1, 0.15) is 18.4 Å². The fourth-order valence-electron chi connectivity index (χ4n) is 2.55. The molecule has 1 aliphatic rings. The van der Waals surface area contributed by atoms with Crippen LogP contribution in [-0.2, 0) is 6.54 Å². The fourth-order valence-corrected chi connectivity index (χ4v) is 2.95. The lowest BCUT2D eigenvalue weighted by Gasteiger charge is -2.32. The normalized spacial score (nSPS) is 19.8. The summed E-state index contributed by atoms with van der Waals surface area (Å²) in [6.45, 7) is 3.25. The number of likely N-dealkylation sites (N-methyl/N-ethyl adjacent to an activating group) is 1. The molecule has 1 unspecified atom stereocenters. The van der Waals surface area contributed by atoms with Gasteiger partial charge in [0, 0.05) is 29.2 Å². The molecule has 1 fully saturated rings. The number of ether oxygens (including phenoxy) is 1. The molecule has 1 aliphatic heterocycles. The van der Waals surface area contributed by atoms with Gasteiger partial charge in [0.1, 0.15) is 5.75 Å². The number of halogens is 2. The molecule has 0 radical (unpaired) electrons. The SMILES string of the molecule is CNC1CCCN(Cc2cc(Br)ccc2OC)C1.Cl. The van der Waals surface area contributed by atoms with Crippen molar-refractivity contribution < 1.29 is 4.74 Å². The van der Waals surface area contributed by atoms with Crippen LogP contribution in [0.3, 0.4) is 0 Å². The lowest BCUT2D eigenvalue weighted by molar-refractivity contribution is 0.186. The van der Waals surface area contributed by atoms with Crippen molar-refractivity contribution in [1.82, 2.24) is 10.2 Å². The number of nitrogens with zero attached hydrogens (tertiary/aromatic N) is 1. The Morgan fingerprint density at radius 3 is 2.95 bits per heavy atom. The zero-order chi connectivity index (χ0) is 13.0. The Morgan fingerprint density at radius 2 is 2.26 bits per heavy atom. The van der Waals surface area contributed by atoms with Gasteiger partial charge in [-0.3, -0.25) is 4.90 Å². The topological polar surface area (TPSA) is 24.5 Å². The van der Waals surface area contributed by atoms with Gasteiger partial charge in [0.2, 0.25) is 0 Å². The van der Waals surface area contributed by atoms with E-state index in [9.17, 15) is 0 Å². The zero-order valence-electron chi connectivity index (χ0n) is 11.5. The molecule has 1 atom stereocenters. The van der Waals surface area contributed by atoms with Crippen LogP contribution in [0.2, 0.25) is 0 Å². The highest BCUT2D eigenvalue weighted by atomic mass is 79.9. The maximum atomic E-state index is 5.43. The van der Waals surface area contributed by atoms with Crippen molar-refractivity contribution in [1.29, 1.82) is 0 Å². The van der Waals surface area contributed by atoms with E-state index in [1.807, 2.05) is 19.2 Å². The van der Waals surface area contributed by atoms with E-state index in [0.29, 0.717) is 6.04 Å². The van der Waals surface area contributed by atoms with Crippen molar-refractivity contribution >= 4 is 28.3 Å². The Labute approximate surface area is 130 Å². The van der Waals surface area contributed by atoms with Gasteiger partial charge >= 0.3 is 0 Å². The second-order valence-electron chi connectivity index (χ2n) is 4.82. The lowest BCUT2D eigenvalue weighted by Crippen LogP contribution is -2.43. The molecule has 0 saturated carbocycles. The van der Waals surface area contributed by atoms with Gasteiger partial charge in [-0.15, -0.1) is 12.4 Å². The molecule has 0 spiro atoms. The van der Waals surface area contributed by atoms with E-state index in [1.165, 1.54) is 24.9 Å². The quantitative estimate of drug-likeness (QED) is 0.904. The Bertz CT molecular complexity index is 403. The van der Waals surface area contributed by atoms with Crippen molar-refractivity contribution in [3.63, 3.8) is 0 Å². The molecule has 0 bridgehead atoms. The summed E-state index contributed by atoms with van der Waals surface area (Å²) in [5.41, 5.74) is 1.25. The summed E-state index contributed by atoms with van der Waals surface area (Å²) in [6.07, 6.45) is 2.55. The number of rotatable bonds is 4. The van der Waals surface area contributed by atoms with E-state index >= 15 is 0 Å². The molecule has 1 aromatic carbocycles. The third kappa shape index (κ3) is 4.63. The molecule has 3 nitrogen and oxygen atoms in total. The van der Waals surface area contributed by atoms with Gasteiger partial charge in [0.15, 0.2) is 0 Å². The van der Waals surface area contributed by atoms with Crippen LogP contribution in [-0.4, -0.2) is 38.2 Å². The number of piperidine rings is 1. The number of nitrogens with one attached hydrogen (secondary N) is 1. The summed E-state index contributed by atoms with van der Waals surface area (Å²) < 4.78 is 6.54. The van der Waals surface area contributed by atoms with Gasteiger partial charge in [-0.05, 0) is 44.6 Å². The molecule has 2 rings (SSSR count). The molecule has 1 N–H and O–H groups in total. The van der Waals surface area contributed by atoms with Crippen LogP contribution >= 0.6 is 28.3 Å². The van der Waals surface area contributed by atoms with Crippen molar-refractivity contribution in [2.24, 2.45) is 0 Å². The van der Waals surface area contributed by atoms with E-state index in [2.05, 4.69) is 32.2 Å². The monoisotopic (exact) mass is 348 g/mol. The summed E-state index contributed by atoms with van der Waals surface area (Å²) in [4.78, 5) is 2.50. The highest BCUT2D eigenvalue weighted by Crippen LogP contribution is 2.25. The van der Waals surface area contributed by atoms with Gasteiger partial charge in [0.25, 0.3) is 0 Å². The van der Waals surface area contributed by atoms with Gasteiger partial charge in [-0.2, -0.15) is 0 Å². The average molecular weight is 350 g/mol. The molecule has 19 heavy (non-hydrogen) atoms. The highest BCUT2D eigenvalue weighted by molar-refractivity contribution is 9.10. The Hall–Kier alpha value is -0.290. The largest absolute Gasteiger partial charge is 0.496 e. The van der Waals surface area contributed by atoms with Crippen LogP contribution < -0.4 is 10.1 Å². The fraction of sp³-hybridized carbons (Fsp3) is 0.571. The van der Waals surface area contributed by atoms with Crippen LogP contribution in [0.25, 0.3) is 0 Å². The summed E-state index contributed by atoms with van der Waals surface area (Å²) in [5.74, 6) is 0.977. The smallest absolute Gasteiger partial charge is 0.123 e. The Balaban J connectivity index is 0.00000180. The molecule has 0 aromatic heterocycles. The molecule has 1 heterocycles. The number of likely N-dealkylation sites (tertiary alicyclic amines) is 1. The van der Waals surface area contributed by atoms with Gasteiger partial charge in [-0.25, -0.2) is 0 Å². The molecule has 0 aliphatic carbocycles. The van der Waals surface area contributed by atoms with Crippen molar-refractivity contribution in [3.8, 4) is 5.75 Å². The second kappa shape index (κ2) is 8.10. The third-order valence-electron chi connectivity index (χ3n) is 3.55. The van der Waals surface area contributed by atoms with Crippen LogP contribution in [0.4, 0.5) is 0 Å². The zero-order valence-corrected chi connectivity index (χ0v) is 13.9. The standard InChI is InChI=1S/C14H21BrN2O.ClH/c1-16-13-4-3-7-17(10-13)9-11-8-12(15)5-6-14(11)18-2;/h5-6,8,13,16H,3-4,7,9-10H2,1-2H3;1H. The van der Waals surface area contributed by atoms with Crippen molar-refractivity contribution in [3.05, 3.63) is 28.2 Å². The van der Waals surface area contributed by atoms with E-state index in [0.717, 1.165) is 23.3 Å². The first-order chi connectivity index (χ1) is 8.72. The molecular formula is C14H22BrClN2O. The molecule has 5 heteroatoms.